The second kappa shape index (κ2) is 12.0. The Kier molecular flexibility index (Phi) is 8.87. The Morgan fingerprint density at radius 2 is 1.67 bits per heavy atom. The Balaban J connectivity index is 1.47. The predicted octanol–water partition coefficient (Wildman–Crippen LogP) is 2.92. The van der Waals surface area contributed by atoms with Crippen LogP contribution < -0.4 is 4.74 Å². The number of ether oxygens (including phenoxy) is 2. The first-order chi connectivity index (χ1) is 16.0. The summed E-state index contributed by atoms with van der Waals surface area (Å²) in [7, 11) is 1.60. The van der Waals surface area contributed by atoms with Crippen molar-refractivity contribution in [2.45, 2.75) is 26.2 Å². The van der Waals surface area contributed by atoms with Crippen molar-refractivity contribution < 1.29 is 23.9 Å². The molecule has 1 fully saturated rings. The third-order valence-electron chi connectivity index (χ3n) is 5.83. The summed E-state index contributed by atoms with van der Waals surface area (Å²) in [6.07, 6.45) is 1.88. The molecule has 0 spiro atoms. The Morgan fingerprint density at radius 3 is 2.36 bits per heavy atom. The van der Waals surface area contributed by atoms with Crippen molar-refractivity contribution in [1.29, 1.82) is 0 Å². The normalized spacial score (nSPS) is 13.9. The number of piperidine rings is 1. The summed E-state index contributed by atoms with van der Waals surface area (Å²) in [4.78, 5) is 40.2. The van der Waals surface area contributed by atoms with Gasteiger partial charge >= 0.3 is 5.97 Å². The molecule has 0 radical (unpaired) electrons. The second-order valence-electron chi connectivity index (χ2n) is 8.22. The van der Waals surface area contributed by atoms with Crippen molar-refractivity contribution in [2.75, 3.05) is 39.9 Å². The van der Waals surface area contributed by atoms with E-state index in [1.54, 1.807) is 18.9 Å². The van der Waals surface area contributed by atoms with E-state index in [-0.39, 0.29) is 36.9 Å². The summed E-state index contributed by atoms with van der Waals surface area (Å²) in [6, 6.07) is 17.7. The van der Waals surface area contributed by atoms with Crippen LogP contribution in [0.25, 0.3) is 0 Å². The number of hydrogen-bond donors (Lipinski definition) is 0. The molecular weight excluding hydrogens is 420 g/mol. The molecule has 33 heavy (non-hydrogen) atoms. The highest BCUT2D eigenvalue weighted by atomic mass is 16.5. The van der Waals surface area contributed by atoms with Gasteiger partial charge in [0.2, 0.25) is 5.91 Å². The highest BCUT2D eigenvalue weighted by Crippen LogP contribution is 2.22. The minimum absolute atomic E-state index is 0.0159. The monoisotopic (exact) mass is 452 g/mol. The number of esters is 1. The third-order valence-corrected chi connectivity index (χ3v) is 5.83. The molecule has 0 bridgehead atoms. The van der Waals surface area contributed by atoms with E-state index in [0.717, 1.165) is 11.1 Å². The lowest BCUT2D eigenvalue weighted by molar-refractivity contribution is -0.151. The first kappa shape index (κ1) is 24.3. The fourth-order valence-corrected chi connectivity index (χ4v) is 3.87. The van der Waals surface area contributed by atoms with E-state index in [2.05, 4.69) is 12.1 Å². The van der Waals surface area contributed by atoms with Crippen molar-refractivity contribution in [3.05, 3.63) is 65.7 Å². The van der Waals surface area contributed by atoms with Gasteiger partial charge in [0.05, 0.1) is 19.1 Å². The predicted molar refractivity (Wildman–Crippen MR) is 125 cm³/mol. The minimum atomic E-state index is -0.265. The number of amides is 2. The highest BCUT2D eigenvalue weighted by Gasteiger charge is 2.29. The average molecular weight is 453 g/mol. The number of carbonyl (C=O) groups excluding carboxylic acids is 3. The average Bonchev–Trinajstić information content (AvgIpc) is 2.84. The topological polar surface area (TPSA) is 76.2 Å². The van der Waals surface area contributed by atoms with Gasteiger partial charge in [-0.3, -0.25) is 14.4 Å². The van der Waals surface area contributed by atoms with Crippen LogP contribution in [-0.2, 0) is 25.5 Å². The molecule has 0 N–H and O–H groups in total. The van der Waals surface area contributed by atoms with Gasteiger partial charge in [0.15, 0.2) is 6.61 Å². The van der Waals surface area contributed by atoms with E-state index < -0.39 is 0 Å². The number of benzene rings is 2. The molecule has 2 amide bonds. The fourth-order valence-electron chi connectivity index (χ4n) is 3.87. The smallest absolute Gasteiger partial charge is 0.309 e. The molecule has 3 rings (SSSR count). The Hall–Kier alpha value is -3.35. The van der Waals surface area contributed by atoms with Crippen LogP contribution in [0.5, 0.6) is 5.75 Å². The zero-order chi connectivity index (χ0) is 23.6. The largest absolute Gasteiger partial charge is 0.483 e. The summed E-state index contributed by atoms with van der Waals surface area (Å²) < 4.78 is 10.9. The third kappa shape index (κ3) is 7.07. The molecule has 2 aromatic rings. The SMILES string of the molecule is CCOC(=O)C1CCN(C(=O)CN(C)C(=O)COc2ccccc2Cc2ccccc2)CC1. The number of likely N-dealkylation sites (tertiary alicyclic amines) is 1. The van der Waals surface area contributed by atoms with E-state index in [0.29, 0.717) is 44.7 Å². The molecule has 0 saturated carbocycles. The standard InChI is InChI=1S/C26H32N2O5/c1-3-32-26(31)21-13-15-28(16-14-21)24(29)18-27(2)25(30)19-33-23-12-8-7-11-22(23)17-20-9-5-4-6-10-20/h4-12,21H,3,13-19H2,1-2H3. The van der Waals surface area contributed by atoms with E-state index in [9.17, 15) is 14.4 Å². The molecule has 176 valence electrons. The van der Waals surface area contributed by atoms with Gasteiger partial charge in [-0.05, 0) is 37.0 Å². The second-order valence-corrected chi connectivity index (χ2v) is 8.22. The lowest BCUT2D eigenvalue weighted by atomic mass is 9.97. The molecule has 0 unspecified atom stereocenters. The van der Waals surface area contributed by atoms with Crippen molar-refractivity contribution in [3.8, 4) is 5.75 Å². The maximum Gasteiger partial charge on any atom is 0.309 e. The number of hydrogen-bond acceptors (Lipinski definition) is 5. The molecule has 1 heterocycles. The summed E-state index contributed by atoms with van der Waals surface area (Å²) in [5, 5.41) is 0. The Labute approximate surface area is 195 Å². The summed E-state index contributed by atoms with van der Waals surface area (Å²) in [5.74, 6) is -0.0771. The van der Waals surface area contributed by atoms with Gasteiger partial charge < -0.3 is 19.3 Å². The van der Waals surface area contributed by atoms with Gasteiger partial charge in [0, 0.05) is 26.6 Å². The quantitative estimate of drug-likeness (QED) is 0.547. The van der Waals surface area contributed by atoms with E-state index in [1.165, 1.54) is 4.90 Å². The molecule has 0 atom stereocenters. The highest BCUT2D eigenvalue weighted by molar-refractivity contribution is 5.85. The van der Waals surface area contributed by atoms with Crippen molar-refractivity contribution in [1.82, 2.24) is 9.80 Å². The van der Waals surface area contributed by atoms with Gasteiger partial charge in [-0.15, -0.1) is 0 Å². The molecule has 0 aromatic heterocycles. The van der Waals surface area contributed by atoms with Gasteiger partial charge in [0.25, 0.3) is 5.91 Å². The van der Waals surface area contributed by atoms with Crippen LogP contribution in [0.15, 0.2) is 54.6 Å². The van der Waals surface area contributed by atoms with Gasteiger partial charge in [-0.2, -0.15) is 0 Å². The molecule has 0 aliphatic carbocycles. The number of likely N-dealkylation sites (N-methyl/N-ethyl adjacent to an activating group) is 1. The van der Waals surface area contributed by atoms with Gasteiger partial charge in [-0.25, -0.2) is 0 Å². The minimum Gasteiger partial charge on any atom is -0.483 e. The Morgan fingerprint density at radius 1 is 1.00 bits per heavy atom. The zero-order valence-corrected chi connectivity index (χ0v) is 19.4. The van der Waals surface area contributed by atoms with E-state index >= 15 is 0 Å². The fraction of sp³-hybridized carbons (Fsp3) is 0.423. The molecule has 1 aliphatic heterocycles. The lowest BCUT2D eigenvalue weighted by Gasteiger charge is -2.32. The van der Waals surface area contributed by atoms with Crippen LogP contribution in [-0.4, -0.2) is 67.5 Å². The molecule has 7 nitrogen and oxygen atoms in total. The van der Waals surface area contributed by atoms with Crippen LogP contribution in [0.2, 0.25) is 0 Å². The molecular formula is C26H32N2O5. The van der Waals surface area contributed by atoms with Crippen LogP contribution in [0, 0.1) is 5.92 Å². The van der Waals surface area contributed by atoms with Crippen LogP contribution >= 0.6 is 0 Å². The van der Waals surface area contributed by atoms with Crippen LogP contribution in [0.1, 0.15) is 30.9 Å². The first-order valence-electron chi connectivity index (χ1n) is 11.4. The maximum atomic E-state index is 12.6. The Bertz CT molecular complexity index is 939. The molecule has 2 aromatic carbocycles. The molecule has 7 heteroatoms. The summed E-state index contributed by atoms with van der Waals surface area (Å²) >= 11 is 0. The lowest BCUT2D eigenvalue weighted by Crippen LogP contribution is -2.46. The van der Waals surface area contributed by atoms with E-state index in [1.807, 2.05) is 42.5 Å². The molecule has 1 aliphatic rings. The van der Waals surface area contributed by atoms with Crippen molar-refractivity contribution >= 4 is 17.8 Å². The van der Waals surface area contributed by atoms with Crippen LogP contribution in [0.3, 0.4) is 0 Å². The number of carbonyl (C=O) groups is 3. The number of rotatable bonds is 9. The maximum absolute atomic E-state index is 12.6. The van der Waals surface area contributed by atoms with E-state index in [4.69, 9.17) is 9.47 Å². The summed E-state index contributed by atoms with van der Waals surface area (Å²) in [5.41, 5.74) is 2.16. The number of nitrogens with zero attached hydrogens (tertiary/aromatic N) is 2. The number of para-hydroxylation sites is 1. The first-order valence-corrected chi connectivity index (χ1v) is 11.4. The van der Waals surface area contributed by atoms with Crippen molar-refractivity contribution in [3.63, 3.8) is 0 Å². The van der Waals surface area contributed by atoms with Gasteiger partial charge in [-0.1, -0.05) is 48.5 Å². The van der Waals surface area contributed by atoms with Crippen molar-refractivity contribution in [2.24, 2.45) is 5.92 Å². The summed E-state index contributed by atoms with van der Waals surface area (Å²) in [6.45, 7) is 2.98. The zero-order valence-electron chi connectivity index (χ0n) is 19.4. The van der Waals surface area contributed by atoms with Gasteiger partial charge in [0.1, 0.15) is 5.75 Å². The van der Waals surface area contributed by atoms with Crippen LogP contribution in [0.4, 0.5) is 0 Å². The molecule has 1 saturated heterocycles.